The lowest BCUT2D eigenvalue weighted by Crippen LogP contribution is -2.60. The maximum atomic E-state index is 13.9. The van der Waals surface area contributed by atoms with Gasteiger partial charge in [-0.05, 0) is 51.0 Å². The van der Waals surface area contributed by atoms with E-state index in [9.17, 15) is 38.4 Å². The van der Waals surface area contributed by atoms with Gasteiger partial charge in [0.2, 0.25) is 47.3 Å². The molecule has 3 aliphatic heterocycles. The van der Waals surface area contributed by atoms with E-state index >= 15 is 0 Å². The number of aromatic nitrogens is 2. The van der Waals surface area contributed by atoms with Crippen LogP contribution in [0.4, 0.5) is 0 Å². The van der Waals surface area contributed by atoms with Gasteiger partial charge in [-0.1, -0.05) is 50.6 Å². The Morgan fingerprint density at radius 3 is 1.88 bits per heavy atom. The van der Waals surface area contributed by atoms with E-state index in [2.05, 4.69) is 41.9 Å². The number of nitrogens with zero attached hydrogens (tertiary/aromatic N) is 3. The van der Waals surface area contributed by atoms with Gasteiger partial charge in [-0.3, -0.25) is 38.4 Å². The molecular weight excluding hydrogens is 736 g/mol. The molecule has 0 radical (unpaired) electrons. The highest BCUT2D eigenvalue weighted by molar-refractivity contribution is 5.98. The molecule has 18 nitrogen and oxygen atoms in total. The van der Waals surface area contributed by atoms with Gasteiger partial charge >= 0.3 is 0 Å². The second-order valence-electron chi connectivity index (χ2n) is 15.1. The minimum atomic E-state index is -1.19. The Hall–Kier alpha value is -5.81. The van der Waals surface area contributed by atoms with Crippen LogP contribution in [0.5, 0.6) is 0 Å². The summed E-state index contributed by atoms with van der Waals surface area (Å²) in [6, 6.07) is 1.60. The Labute approximate surface area is 331 Å². The molecule has 0 bridgehead atoms. The quantitative estimate of drug-likeness (QED) is 0.186. The molecule has 0 saturated carbocycles. The Morgan fingerprint density at radius 1 is 0.702 bits per heavy atom. The van der Waals surface area contributed by atoms with E-state index in [-0.39, 0.29) is 31.8 Å². The number of hydrogen-bond acceptors (Lipinski definition) is 9. The number of rotatable bonds is 6. The molecule has 7 N–H and O–H groups in total. The first-order valence-corrected chi connectivity index (χ1v) is 19.7. The standard InChI is InChI=1S/C39H54N10O8/c1-5-22(2)32-37(55)46-28(18-26-19-40-21-42-26)33(51)41-20-31(50)43-23(3)38(56)48-15-9-13-29(48)35(53)45-27(17-25-11-7-6-8-12-25)34(52)44-24(4)39(57)49-16-10-14-30(49)36(54)47-32/h6-8,11-12,19,21-24,27-30,32H,5,9-10,13-18,20H2,1-4H3,(H,40,42)(H,41,51)(H,43,50)(H,44,52)(H,45,53)(H,46,55)(H,47,54)/t22-,23-,24-,27-,28-,29-,30-,32-/m0/s1. The molecule has 57 heavy (non-hydrogen) atoms. The number of amides is 8. The first kappa shape index (κ1) is 42.3. The third-order valence-corrected chi connectivity index (χ3v) is 10.9. The van der Waals surface area contributed by atoms with Crippen LogP contribution in [0.25, 0.3) is 0 Å². The van der Waals surface area contributed by atoms with Crippen molar-refractivity contribution in [2.24, 2.45) is 5.92 Å². The number of aromatic amines is 1. The van der Waals surface area contributed by atoms with Crippen molar-refractivity contribution in [2.75, 3.05) is 19.6 Å². The van der Waals surface area contributed by atoms with Gasteiger partial charge < -0.3 is 46.7 Å². The lowest BCUT2D eigenvalue weighted by molar-refractivity contribution is -0.143. The zero-order valence-electron chi connectivity index (χ0n) is 32.8. The lowest BCUT2D eigenvalue weighted by Gasteiger charge is -2.31. The molecule has 3 aliphatic rings. The zero-order valence-corrected chi connectivity index (χ0v) is 32.8. The van der Waals surface area contributed by atoms with Crippen LogP contribution in [0.3, 0.4) is 0 Å². The van der Waals surface area contributed by atoms with Gasteiger partial charge in [-0.15, -0.1) is 0 Å². The normalized spacial score (nSPS) is 28.2. The molecule has 4 heterocycles. The maximum Gasteiger partial charge on any atom is 0.245 e. The Balaban J connectivity index is 1.44. The molecule has 5 rings (SSSR count). The highest BCUT2D eigenvalue weighted by atomic mass is 16.2. The fourth-order valence-corrected chi connectivity index (χ4v) is 7.49. The van der Waals surface area contributed by atoms with E-state index in [1.807, 2.05) is 13.0 Å². The molecule has 8 atom stereocenters. The summed E-state index contributed by atoms with van der Waals surface area (Å²) >= 11 is 0. The van der Waals surface area contributed by atoms with Crippen LogP contribution < -0.4 is 31.9 Å². The van der Waals surface area contributed by atoms with Crippen molar-refractivity contribution in [3.8, 4) is 0 Å². The minimum absolute atomic E-state index is 0.0195. The number of fused-ring (bicyclic) bond motifs is 2. The van der Waals surface area contributed by atoms with Crippen molar-refractivity contribution in [1.82, 2.24) is 51.7 Å². The smallest absolute Gasteiger partial charge is 0.245 e. The molecule has 0 aliphatic carbocycles. The fraction of sp³-hybridized carbons (Fsp3) is 0.564. The third-order valence-electron chi connectivity index (χ3n) is 10.9. The molecule has 8 amide bonds. The van der Waals surface area contributed by atoms with Crippen LogP contribution in [-0.4, -0.2) is 129 Å². The van der Waals surface area contributed by atoms with Crippen molar-refractivity contribution in [3.05, 3.63) is 54.1 Å². The SMILES string of the molecule is CC[C@H](C)[C@@H]1NC(=O)[C@@H]2CCCN2C(=O)[C@H](C)NC(=O)[C@H](Cc2ccccc2)NC(=O)[C@@H]2CCCN2C(=O)[C@H](C)NC(=O)CNC(=O)[C@H](Cc2cnc[nH]2)NC1=O. The fourth-order valence-electron chi connectivity index (χ4n) is 7.49. The molecule has 18 heteroatoms. The van der Waals surface area contributed by atoms with Crippen LogP contribution in [0, 0.1) is 5.92 Å². The van der Waals surface area contributed by atoms with E-state index in [4.69, 9.17) is 0 Å². The van der Waals surface area contributed by atoms with Crippen LogP contribution in [0.2, 0.25) is 0 Å². The summed E-state index contributed by atoms with van der Waals surface area (Å²) in [6.07, 6.45) is 5.13. The van der Waals surface area contributed by atoms with Gasteiger partial charge in [-0.25, -0.2) is 4.98 Å². The second kappa shape index (κ2) is 19.4. The highest BCUT2D eigenvalue weighted by Crippen LogP contribution is 2.21. The van der Waals surface area contributed by atoms with E-state index in [0.717, 1.165) is 5.56 Å². The van der Waals surface area contributed by atoms with Gasteiger partial charge in [-0.2, -0.15) is 0 Å². The molecular formula is C39H54N10O8. The van der Waals surface area contributed by atoms with Crippen LogP contribution in [0.15, 0.2) is 42.9 Å². The summed E-state index contributed by atoms with van der Waals surface area (Å²) in [5, 5.41) is 16.2. The summed E-state index contributed by atoms with van der Waals surface area (Å²) < 4.78 is 0. The Bertz CT molecular complexity index is 1790. The molecule has 308 valence electrons. The maximum absolute atomic E-state index is 13.9. The van der Waals surface area contributed by atoms with Crippen molar-refractivity contribution >= 4 is 47.3 Å². The topological polar surface area (TPSA) is 244 Å². The number of nitrogens with one attached hydrogen (secondary N) is 7. The lowest BCUT2D eigenvalue weighted by atomic mass is 9.97. The van der Waals surface area contributed by atoms with Crippen molar-refractivity contribution in [1.29, 1.82) is 0 Å². The number of hydrogen-bond donors (Lipinski definition) is 7. The number of H-pyrrole nitrogens is 1. The average molecular weight is 791 g/mol. The van der Waals surface area contributed by atoms with Crippen LogP contribution >= 0.6 is 0 Å². The largest absolute Gasteiger partial charge is 0.348 e. The zero-order chi connectivity index (χ0) is 41.2. The average Bonchev–Trinajstić information content (AvgIpc) is 4.01. The van der Waals surface area contributed by atoms with E-state index < -0.39 is 96.1 Å². The summed E-state index contributed by atoms with van der Waals surface area (Å²) in [5.41, 5.74) is 1.27. The van der Waals surface area contributed by atoms with Gasteiger partial charge in [0, 0.05) is 37.8 Å². The first-order valence-electron chi connectivity index (χ1n) is 19.7. The molecule has 3 fully saturated rings. The van der Waals surface area contributed by atoms with E-state index in [1.165, 1.54) is 36.2 Å². The predicted octanol–water partition coefficient (Wildman–Crippen LogP) is -1.18. The molecule has 0 unspecified atom stereocenters. The highest BCUT2D eigenvalue weighted by Gasteiger charge is 2.41. The van der Waals surface area contributed by atoms with Gasteiger partial charge in [0.1, 0.15) is 42.3 Å². The number of carbonyl (C=O) groups excluding carboxylic acids is 8. The van der Waals surface area contributed by atoms with Crippen molar-refractivity contribution < 1.29 is 38.4 Å². The Kier molecular flexibility index (Phi) is 14.4. The van der Waals surface area contributed by atoms with Crippen molar-refractivity contribution in [2.45, 2.75) is 115 Å². The monoisotopic (exact) mass is 790 g/mol. The number of carbonyl (C=O) groups is 8. The summed E-state index contributed by atoms with van der Waals surface area (Å²) in [6.45, 7) is 6.56. The summed E-state index contributed by atoms with van der Waals surface area (Å²) in [5.74, 6) is -5.17. The third kappa shape index (κ3) is 10.7. The Morgan fingerprint density at radius 2 is 1.28 bits per heavy atom. The molecule has 3 saturated heterocycles. The van der Waals surface area contributed by atoms with E-state index in [1.54, 1.807) is 31.2 Å². The van der Waals surface area contributed by atoms with Crippen molar-refractivity contribution in [3.63, 3.8) is 0 Å². The molecule has 2 aromatic rings. The minimum Gasteiger partial charge on any atom is -0.348 e. The molecule has 1 aromatic heterocycles. The summed E-state index contributed by atoms with van der Waals surface area (Å²) in [7, 11) is 0. The van der Waals surface area contributed by atoms with E-state index in [0.29, 0.717) is 37.8 Å². The van der Waals surface area contributed by atoms with Gasteiger partial charge in [0.25, 0.3) is 0 Å². The van der Waals surface area contributed by atoms with Crippen LogP contribution in [0.1, 0.15) is 71.1 Å². The number of imidazole rings is 1. The molecule has 1 aromatic carbocycles. The summed E-state index contributed by atoms with van der Waals surface area (Å²) in [4.78, 5) is 119. The van der Waals surface area contributed by atoms with Gasteiger partial charge in [0.05, 0.1) is 12.9 Å². The second-order valence-corrected chi connectivity index (χ2v) is 15.1. The number of benzene rings is 1. The molecule has 0 spiro atoms. The predicted molar refractivity (Wildman–Crippen MR) is 205 cm³/mol. The first-order chi connectivity index (χ1) is 27.3. The van der Waals surface area contributed by atoms with Gasteiger partial charge in [0.15, 0.2) is 0 Å². The van der Waals surface area contributed by atoms with Crippen LogP contribution in [-0.2, 0) is 51.2 Å².